The molecule has 0 bridgehead atoms. The van der Waals surface area contributed by atoms with Crippen molar-refractivity contribution in [3.05, 3.63) is 35.1 Å². The number of hydrogen-bond donors (Lipinski definition) is 1. The number of likely N-dealkylation sites (tertiary alicyclic amines) is 1. The predicted octanol–water partition coefficient (Wildman–Crippen LogP) is 3.04. The summed E-state index contributed by atoms with van der Waals surface area (Å²) in [5.74, 6) is -1.37. The van der Waals surface area contributed by atoms with Gasteiger partial charge in [-0.15, -0.1) is 0 Å². The van der Waals surface area contributed by atoms with Gasteiger partial charge in [0, 0.05) is 19.1 Å². The van der Waals surface area contributed by atoms with Gasteiger partial charge < -0.3 is 10.6 Å². The second kappa shape index (κ2) is 6.24. The first-order valence-electron chi connectivity index (χ1n) is 7.11. The Morgan fingerprint density at radius 3 is 2.41 bits per heavy atom. The van der Waals surface area contributed by atoms with Crippen LogP contribution in [0.2, 0.25) is 0 Å². The van der Waals surface area contributed by atoms with E-state index in [1.54, 1.807) is 0 Å². The van der Waals surface area contributed by atoms with E-state index in [4.69, 9.17) is 5.73 Å². The zero-order chi connectivity index (χ0) is 16.5. The van der Waals surface area contributed by atoms with Crippen molar-refractivity contribution in [2.75, 3.05) is 13.1 Å². The van der Waals surface area contributed by atoms with Gasteiger partial charge >= 0.3 is 6.18 Å². The van der Waals surface area contributed by atoms with E-state index in [2.05, 4.69) is 0 Å². The van der Waals surface area contributed by atoms with E-state index >= 15 is 0 Å². The number of piperidine rings is 1. The van der Waals surface area contributed by atoms with Crippen molar-refractivity contribution in [3.8, 4) is 0 Å². The summed E-state index contributed by atoms with van der Waals surface area (Å²) < 4.78 is 51.8. The molecular formula is C15H18F4N2O. The van der Waals surface area contributed by atoms with E-state index in [0.717, 1.165) is 0 Å². The van der Waals surface area contributed by atoms with Crippen molar-refractivity contribution < 1.29 is 22.4 Å². The Bertz CT molecular complexity index is 549. The van der Waals surface area contributed by atoms with E-state index < -0.39 is 29.0 Å². The van der Waals surface area contributed by atoms with E-state index in [1.165, 1.54) is 4.90 Å². The Morgan fingerprint density at radius 1 is 1.32 bits per heavy atom. The number of rotatable bonds is 2. The molecule has 3 nitrogen and oxygen atoms in total. The minimum atomic E-state index is -4.61. The number of carbonyl (C=O) groups excluding carboxylic acids is 1. The molecule has 0 spiro atoms. The first-order chi connectivity index (χ1) is 10.2. The van der Waals surface area contributed by atoms with Gasteiger partial charge in [-0.25, -0.2) is 4.39 Å². The highest BCUT2D eigenvalue weighted by atomic mass is 19.4. The van der Waals surface area contributed by atoms with Crippen molar-refractivity contribution in [3.63, 3.8) is 0 Å². The van der Waals surface area contributed by atoms with Gasteiger partial charge in [0.25, 0.3) is 5.91 Å². The van der Waals surface area contributed by atoms with Crippen LogP contribution in [0.15, 0.2) is 18.2 Å². The molecular weight excluding hydrogens is 300 g/mol. The second-order valence-electron chi connectivity index (χ2n) is 5.68. The van der Waals surface area contributed by atoms with Gasteiger partial charge in [0.2, 0.25) is 0 Å². The van der Waals surface area contributed by atoms with Crippen molar-refractivity contribution in [1.29, 1.82) is 0 Å². The van der Waals surface area contributed by atoms with E-state index in [9.17, 15) is 22.4 Å². The molecule has 1 aromatic carbocycles. The molecule has 0 radical (unpaired) electrons. The largest absolute Gasteiger partial charge is 0.416 e. The molecule has 0 aromatic heterocycles. The molecule has 1 aliphatic rings. The fourth-order valence-corrected chi connectivity index (χ4v) is 2.66. The van der Waals surface area contributed by atoms with Crippen LogP contribution in [0, 0.1) is 11.7 Å². The molecule has 0 aliphatic carbocycles. The molecule has 1 amide bonds. The van der Waals surface area contributed by atoms with Crippen LogP contribution in [0.1, 0.15) is 35.7 Å². The summed E-state index contributed by atoms with van der Waals surface area (Å²) >= 11 is 0. The number of hydrogen-bond acceptors (Lipinski definition) is 2. The van der Waals surface area contributed by atoms with Gasteiger partial charge in [0.15, 0.2) is 0 Å². The van der Waals surface area contributed by atoms with Crippen LogP contribution in [0.3, 0.4) is 0 Å². The Balaban J connectivity index is 2.17. The maximum Gasteiger partial charge on any atom is 0.416 e. The molecule has 122 valence electrons. The van der Waals surface area contributed by atoms with Crippen LogP contribution in [-0.2, 0) is 6.18 Å². The summed E-state index contributed by atoms with van der Waals surface area (Å²) in [5, 5.41) is 0. The second-order valence-corrected chi connectivity index (χ2v) is 5.68. The van der Waals surface area contributed by atoms with E-state index in [-0.39, 0.29) is 12.0 Å². The van der Waals surface area contributed by atoms with Crippen molar-refractivity contribution in [1.82, 2.24) is 4.90 Å². The van der Waals surface area contributed by atoms with Crippen LogP contribution in [0.5, 0.6) is 0 Å². The lowest BCUT2D eigenvalue weighted by Crippen LogP contribution is -2.42. The molecule has 1 atom stereocenters. The first-order valence-corrected chi connectivity index (χ1v) is 7.11. The maximum atomic E-state index is 13.7. The summed E-state index contributed by atoms with van der Waals surface area (Å²) in [6.07, 6.45) is -3.27. The Labute approximate surface area is 126 Å². The van der Waals surface area contributed by atoms with Gasteiger partial charge in [0.05, 0.1) is 11.1 Å². The van der Waals surface area contributed by atoms with Gasteiger partial charge in [-0.3, -0.25) is 4.79 Å². The van der Waals surface area contributed by atoms with Crippen molar-refractivity contribution in [2.45, 2.75) is 32.0 Å². The molecule has 2 rings (SSSR count). The molecule has 1 fully saturated rings. The highest BCUT2D eigenvalue weighted by molar-refractivity contribution is 5.94. The molecule has 2 N–H and O–H groups in total. The van der Waals surface area contributed by atoms with Crippen LogP contribution in [-0.4, -0.2) is 29.9 Å². The molecule has 7 heteroatoms. The lowest BCUT2D eigenvalue weighted by Gasteiger charge is -2.33. The number of carbonyl (C=O) groups is 1. The Kier molecular flexibility index (Phi) is 4.75. The van der Waals surface area contributed by atoms with Gasteiger partial charge in [0.1, 0.15) is 5.82 Å². The topological polar surface area (TPSA) is 46.3 Å². The van der Waals surface area contributed by atoms with Crippen molar-refractivity contribution >= 4 is 5.91 Å². The number of halogens is 4. The normalized spacial score (nSPS) is 18.4. The molecule has 22 heavy (non-hydrogen) atoms. The monoisotopic (exact) mass is 318 g/mol. The van der Waals surface area contributed by atoms with E-state index in [0.29, 0.717) is 44.1 Å². The standard InChI is InChI=1S/C15H18F4N2O/c1-9(20)10-4-6-21(7-5-10)14(22)12-8-11(15(17,18)19)2-3-13(12)16/h2-3,8-10H,4-7,20H2,1H3. The van der Waals surface area contributed by atoms with Crippen LogP contribution in [0.4, 0.5) is 17.6 Å². The molecule has 1 unspecified atom stereocenters. The third-order valence-electron chi connectivity index (χ3n) is 4.09. The van der Waals surface area contributed by atoms with Crippen LogP contribution >= 0.6 is 0 Å². The third-order valence-corrected chi connectivity index (χ3v) is 4.09. The zero-order valence-electron chi connectivity index (χ0n) is 12.2. The van der Waals surface area contributed by atoms with Crippen LogP contribution in [0.25, 0.3) is 0 Å². The zero-order valence-corrected chi connectivity index (χ0v) is 12.2. The molecule has 1 heterocycles. The number of amides is 1. The SMILES string of the molecule is CC(N)C1CCN(C(=O)c2cc(C(F)(F)F)ccc2F)CC1. The lowest BCUT2D eigenvalue weighted by molar-refractivity contribution is -0.137. The van der Waals surface area contributed by atoms with Crippen LogP contribution < -0.4 is 5.73 Å². The first kappa shape index (κ1) is 16.7. The highest BCUT2D eigenvalue weighted by Crippen LogP contribution is 2.31. The molecule has 1 aromatic rings. The minimum absolute atomic E-state index is 0.00236. The van der Waals surface area contributed by atoms with Gasteiger partial charge in [-0.2, -0.15) is 13.2 Å². The molecule has 0 saturated carbocycles. The minimum Gasteiger partial charge on any atom is -0.339 e. The molecule has 1 saturated heterocycles. The average molecular weight is 318 g/mol. The summed E-state index contributed by atoms with van der Waals surface area (Å²) in [6.45, 7) is 2.63. The summed E-state index contributed by atoms with van der Waals surface area (Å²) in [6, 6.07) is 1.90. The molecule has 1 aliphatic heterocycles. The number of alkyl halides is 3. The predicted molar refractivity (Wildman–Crippen MR) is 73.7 cm³/mol. The summed E-state index contributed by atoms with van der Waals surface area (Å²) in [5.41, 5.74) is 4.24. The summed E-state index contributed by atoms with van der Waals surface area (Å²) in [4.78, 5) is 13.6. The lowest BCUT2D eigenvalue weighted by atomic mass is 9.90. The van der Waals surface area contributed by atoms with Gasteiger partial charge in [-0.1, -0.05) is 0 Å². The maximum absolute atomic E-state index is 13.7. The average Bonchev–Trinajstić information content (AvgIpc) is 2.46. The quantitative estimate of drug-likeness (QED) is 0.852. The smallest absolute Gasteiger partial charge is 0.339 e. The Hall–Kier alpha value is -1.63. The number of nitrogens with zero attached hydrogens (tertiary/aromatic N) is 1. The number of nitrogens with two attached hydrogens (primary N) is 1. The highest BCUT2D eigenvalue weighted by Gasteiger charge is 2.33. The fraction of sp³-hybridized carbons (Fsp3) is 0.533. The van der Waals surface area contributed by atoms with E-state index in [1.807, 2.05) is 6.92 Å². The summed E-state index contributed by atoms with van der Waals surface area (Å²) in [7, 11) is 0. The van der Waals surface area contributed by atoms with Gasteiger partial charge in [-0.05, 0) is 43.9 Å². The number of benzene rings is 1. The Morgan fingerprint density at radius 2 is 1.91 bits per heavy atom. The fourth-order valence-electron chi connectivity index (χ4n) is 2.66. The third kappa shape index (κ3) is 3.58. The van der Waals surface area contributed by atoms with Crippen molar-refractivity contribution in [2.24, 2.45) is 11.7 Å².